The standard InChI is InChI=1S/C20H26NO3PS/c1-20(21,15-16-25(22,23)24)14-13-19-12-11-18(26-19)10-6-5-9-17-7-3-2-4-8-17/h2-4,7-8,11-12H,5,9,13-16,21H2,1H3,(H2,22,23,24). The summed E-state index contributed by atoms with van der Waals surface area (Å²) in [6.45, 7) is 1.85. The van der Waals surface area contributed by atoms with Gasteiger partial charge in [-0.25, -0.2) is 0 Å². The number of benzene rings is 1. The first-order valence-electron chi connectivity index (χ1n) is 8.68. The lowest BCUT2D eigenvalue weighted by molar-refractivity contribution is 0.354. The van der Waals surface area contributed by atoms with Crippen molar-refractivity contribution in [2.75, 3.05) is 6.16 Å². The van der Waals surface area contributed by atoms with Crippen LogP contribution in [0.1, 0.15) is 41.5 Å². The van der Waals surface area contributed by atoms with Crippen LogP contribution >= 0.6 is 18.9 Å². The van der Waals surface area contributed by atoms with Gasteiger partial charge in [-0.15, -0.1) is 11.3 Å². The largest absolute Gasteiger partial charge is 0.325 e. The van der Waals surface area contributed by atoms with Crippen LogP contribution in [-0.4, -0.2) is 21.5 Å². The second-order valence-electron chi connectivity index (χ2n) is 6.85. The third-order valence-electron chi connectivity index (χ3n) is 4.17. The second-order valence-corrected chi connectivity index (χ2v) is 9.79. The van der Waals surface area contributed by atoms with Crippen molar-refractivity contribution >= 4 is 18.9 Å². The van der Waals surface area contributed by atoms with Crippen LogP contribution < -0.4 is 5.73 Å². The Hall–Kier alpha value is -1.41. The number of hydrogen-bond acceptors (Lipinski definition) is 3. The van der Waals surface area contributed by atoms with E-state index in [-0.39, 0.29) is 6.16 Å². The van der Waals surface area contributed by atoms with Gasteiger partial charge in [-0.2, -0.15) is 0 Å². The lowest BCUT2D eigenvalue weighted by Crippen LogP contribution is -2.37. The van der Waals surface area contributed by atoms with E-state index in [0.717, 1.165) is 24.1 Å². The van der Waals surface area contributed by atoms with E-state index >= 15 is 0 Å². The zero-order valence-corrected chi connectivity index (χ0v) is 16.7. The summed E-state index contributed by atoms with van der Waals surface area (Å²) in [6, 6.07) is 14.4. The van der Waals surface area contributed by atoms with Crippen LogP contribution in [0, 0.1) is 11.8 Å². The molecule has 0 saturated carbocycles. The fourth-order valence-electron chi connectivity index (χ4n) is 2.52. The van der Waals surface area contributed by atoms with Crippen molar-refractivity contribution in [2.24, 2.45) is 5.73 Å². The average Bonchev–Trinajstić information content (AvgIpc) is 3.04. The first-order chi connectivity index (χ1) is 12.2. The molecule has 1 unspecified atom stereocenters. The van der Waals surface area contributed by atoms with Gasteiger partial charge in [0.15, 0.2) is 0 Å². The molecule has 1 aromatic heterocycles. The first-order valence-corrected chi connectivity index (χ1v) is 11.3. The summed E-state index contributed by atoms with van der Waals surface area (Å²) in [5.74, 6) is 6.43. The molecule has 1 aromatic carbocycles. The fourth-order valence-corrected chi connectivity index (χ4v) is 4.20. The van der Waals surface area contributed by atoms with Crippen molar-refractivity contribution in [3.8, 4) is 11.8 Å². The van der Waals surface area contributed by atoms with Crippen LogP contribution in [0.15, 0.2) is 42.5 Å². The van der Waals surface area contributed by atoms with Crippen molar-refractivity contribution in [3.63, 3.8) is 0 Å². The fraction of sp³-hybridized carbons (Fsp3) is 0.400. The molecule has 0 spiro atoms. The molecule has 0 bridgehead atoms. The summed E-state index contributed by atoms with van der Waals surface area (Å²) < 4.78 is 11.0. The Morgan fingerprint density at radius 2 is 1.85 bits per heavy atom. The Balaban J connectivity index is 1.79. The first kappa shape index (κ1) is 20.9. The van der Waals surface area contributed by atoms with Gasteiger partial charge < -0.3 is 15.5 Å². The lowest BCUT2D eigenvalue weighted by atomic mass is 9.94. The maximum Gasteiger partial charge on any atom is 0.325 e. The molecule has 140 valence electrons. The Morgan fingerprint density at radius 3 is 2.54 bits per heavy atom. The number of nitrogens with two attached hydrogens (primary N) is 1. The van der Waals surface area contributed by atoms with Gasteiger partial charge in [0.1, 0.15) is 0 Å². The highest BCUT2D eigenvalue weighted by Gasteiger charge is 2.23. The topological polar surface area (TPSA) is 83.6 Å². The summed E-state index contributed by atoms with van der Waals surface area (Å²) in [5, 5.41) is 0. The number of aryl methyl sites for hydroxylation is 2. The van der Waals surface area contributed by atoms with Gasteiger partial charge in [0.2, 0.25) is 0 Å². The van der Waals surface area contributed by atoms with E-state index in [1.54, 1.807) is 11.3 Å². The molecule has 4 nitrogen and oxygen atoms in total. The Labute approximate surface area is 159 Å². The van der Waals surface area contributed by atoms with Crippen molar-refractivity contribution in [3.05, 3.63) is 57.8 Å². The van der Waals surface area contributed by atoms with Gasteiger partial charge in [-0.1, -0.05) is 42.2 Å². The molecule has 1 heterocycles. The molecule has 26 heavy (non-hydrogen) atoms. The van der Waals surface area contributed by atoms with Gasteiger partial charge in [-0.05, 0) is 50.3 Å². The molecule has 4 N–H and O–H groups in total. The van der Waals surface area contributed by atoms with Crippen LogP contribution in [0.4, 0.5) is 0 Å². The van der Waals surface area contributed by atoms with E-state index in [9.17, 15) is 4.57 Å². The third kappa shape index (κ3) is 8.31. The van der Waals surface area contributed by atoms with Gasteiger partial charge in [-0.3, -0.25) is 4.57 Å². The normalized spacial score (nSPS) is 13.7. The van der Waals surface area contributed by atoms with E-state index in [2.05, 4.69) is 30.0 Å². The zero-order chi connectivity index (χ0) is 19.0. The highest BCUT2D eigenvalue weighted by molar-refractivity contribution is 7.51. The molecule has 0 amide bonds. The molecular weight excluding hydrogens is 365 g/mol. The molecule has 0 aliphatic heterocycles. The lowest BCUT2D eigenvalue weighted by Gasteiger charge is -2.24. The summed E-state index contributed by atoms with van der Waals surface area (Å²) >= 11 is 1.66. The second kappa shape index (κ2) is 9.50. The van der Waals surface area contributed by atoms with Gasteiger partial charge in [0, 0.05) is 16.8 Å². The molecular formula is C20H26NO3PS. The number of thiophene rings is 1. The smallest absolute Gasteiger partial charge is 0.325 e. The van der Waals surface area contributed by atoms with E-state index in [4.69, 9.17) is 15.5 Å². The highest BCUT2D eigenvalue weighted by Crippen LogP contribution is 2.37. The quantitative estimate of drug-likeness (QED) is 0.470. The van der Waals surface area contributed by atoms with Crippen molar-refractivity contribution in [1.82, 2.24) is 0 Å². The van der Waals surface area contributed by atoms with Crippen molar-refractivity contribution in [1.29, 1.82) is 0 Å². The molecule has 2 aromatic rings. The Kier molecular flexibility index (Phi) is 7.64. The average molecular weight is 391 g/mol. The van der Waals surface area contributed by atoms with Crippen molar-refractivity contribution < 1.29 is 14.4 Å². The minimum absolute atomic E-state index is 0.164. The van der Waals surface area contributed by atoms with Gasteiger partial charge in [0.25, 0.3) is 0 Å². The van der Waals surface area contributed by atoms with Crippen LogP contribution in [0.3, 0.4) is 0 Å². The number of hydrogen-bond donors (Lipinski definition) is 3. The number of rotatable bonds is 8. The molecule has 1 atom stereocenters. The maximum atomic E-state index is 11.0. The van der Waals surface area contributed by atoms with E-state index in [0.29, 0.717) is 12.8 Å². The van der Waals surface area contributed by atoms with E-state index < -0.39 is 13.1 Å². The molecule has 0 saturated heterocycles. The summed E-state index contributed by atoms with van der Waals surface area (Å²) in [4.78, 5) is 20.2. The predicted molar refractivity (Wildman–Crippen MR) is 108 cm³/mol. The molecule has 0 fully saturated rings. The minimum Gasteiger partial charge on any atom is -0.325 e. The summed E-state index contributed by atoms with van der Waals surface area (Å²) in [7, 11) is -3.99. The van der Waals surface area contributed by atoms with Crippen LogP contribution in [0.25, 0.3) is 0 Å². The maximum absolute atomic E-state index is 11.0. The Bertz CT molecular complexity index is 799. The summed E-state index contributed by atoms with van der Waals surface area (Å²) in [5.41, 5.74) is 6.89. The van der Waals surface area contributed by atoms with E-state index in [1.807, 2.05) is 31.2 Å². The summed E-state index contributed by atoms with van der Waals surface area (Å²) in [6.07, 6.45) is 3.42. The monoisotopic (exact) mass is 391 g/mol. The molecule has 2 rings (SSSR count). The molecule has 0 radical (unpaired) electrons. The molecule has 0 aliphatic carbocycles. The van der Waals surface area contributed by atoms with Crippen LogP contribution in [0.5, 0.6) is 0 Å². The molecule has 6 heteroatoms. The Morgan fingerprint density at radius 1 is 1.12 bits per heavy atom. The van der Waals surface area contributed by atoms with Crippen molar-refractivity contribution in [2.45, 2.75) is 44.6 Å². The van der Waals surface area contributed by atoms with Gasteiger partial charge in [0.05, 0.1) is 11.0 Å². The van der Waals surface area contributed by atoms with Crippen LogP contribution in [0.2, 0.25) is 0 Å². The predicted octanol–water partition coefficient (Wildman–Crippen LogP) is 3.95. The van der Waals surface area contributed by atoms with Crippen LogP contribution in [-0.2, 0) is 17.4 Å². The zero-order valence-electron chi connectivity index (χ0n) is 15.0. The SMILES string of the molecule is CC(N)(CCc1ccc(C#CCCc2ccccc2)s1)CCP(=O)(O)O. The minimum atomic E-state index is -3.99. The van der Waals surface area contributed by atoms with E-state index in [1.165, 1.54) is 10.4 Å². The highest BCUT2D eigenvalue weighted by atomic mass is 32.1. The third-order valence-corrected chi connectivity index (χ3v) is 6.04. The van der Waals surface area contributed by atoms with Gasteiger partial charge >= 0.3 is 7.60 Å². The molecule has 0 aliphatic rings.